The number of imide groups is 1. The number of amides is 3. The molecule has 0 aromatic heterocycles. The van der Waals surface area contributed by atoms with Crippen LogP contribution >= 0.6 is 0 Å². The molecular formula is C19H26N2O5. The van der Waals surface area contributed by atoms with Gasteiger partial charge in [-0.1, -0.05) is 12.8 Å². The maximum absolute atomic E-state index is 12.1. The quantitative estimate of drug-likeness (QED) is 0.759. The van der Waals surface area contributed by atoms with Crippen molar-refractivity contribution in [2.24, 2.45) is 0 Å². The fraction of sp³-hybridized carbons (Fsp3) is 0.526. The number of urea groups is 1. The summed E-state index contributed by atoms with van der Waals surface area (Å²) in [7, 11) is 0. The summed E-state index contributed by atoms with van der Waals surface area (Å²) in [6.45, 7) is 5.24. The van der Waals surface area contributed by atoms with E-state index in [2.05, 4.69) is 10.6 Å². The lowest BCUT2D eigenvalue weighted by atomic mass is 10.2. The Labute approximate surface area is 153 Å². The molecule has 0 aliphatic heterocycles. The zero-order valence-corrected chi connectivity index (χ0v) is 15.4. The Bertz CT molecular complexity index is 636. The standard InChI is InChI=1S/C19H26N2O5/c1-12(2)25-16-10-8-14(9-11-16)18(23)26-13(3)17(22)21-19(24)20-15-6-4-5-7-15/h8-13,15H,4-7H2,1-3H3,(H2,20,21,22,24)/t13-/m0/s1. The minimum atomic E-state index is -1.08. The van der Waals surface area contributed by atoms with E-state index in [1.807, 2.05) is 13.8 Å². The number of esters is 1. The summed E-state index contributed by atoms with van der Waals surface area (Å²) in [5.41, 5.74) is 0.302. The average molecular weight is 362 g/mol. The third-order valence-corrected chi connectivity index (χ3v) is 4.04. The molecule has 0 spiro atoms. The summed E-state index contributed by atoms with van der Waals surface area (Å²) in [6.07, 6.45) is 2.95. The van der Waals surface area contributed by atoms with Crippen molar-refractivity contribution >= 4 is 17.9 Å². The highest BCUT2D eigenvalue weighted by molar-refractivity contribution is 5.98. The van der Waals surface area contributed by atoms with Gasteiger partial charge in [0.05, 0.1) is 11.7 Å². The largest absolute Gasteiger partial charge is 0.491 e. The van der Waals surface area contributed by atoms with Gasteiger partial charge in [-0.3, -0.25) is 10.1 Å². The van der Waals surface area contributed by atoms with Crippen LogP contribution in [0.1, 0.15) is 56.8 Å². The molecule has 0 saturated heterocycles. The summed E-state index contributed by atoms with van der Waals surface area (Å²) in [5.74, 6) is -0.653. The van der Waals surface area contributed by atoms with Crippen LogP contribution < -0.4 is 15.4 Å². The molecular weight excluding hydrogens is 336 g/mol. The summed E-state index contributed by atoms with van der Waals surface area (Å²) < 4.78 is 10.6. The van der Waals surface area contributed by atoms with E-state index >= 15 is 0 Å². The van der Waals surface area contributed by atoms with Gasteiger partial charge in [0.1, 0.15) is 5.75 Å². The molecule has 2 rings (SSSR count). The third kappa shape index (κ3) is 6.06. The number of hydrogen-bond acceptors (Lipinski definition) is 5. The molecule has 7 nitrogen and oxygen atoms in total. The van der Waals surface area contributed by atoms with E-state index in [9.17, 15) is 14.4 Å². The van der Waals surface area contributed by atoms with Crippen molar-refractivity contribution in [2.45, 2.75) is 64.7 Å². The third-order valence-electron chi connectivity index (χ3n) is 4.04. The zero-order chi connectivity index (χ0) is 19.1. The monoisotopic (exact) mass is 362 g/mol. The van der Waals surface area contributed by atoms with Crippen LogP contribution in [0, 0.1) is 0 Å². The maximum atomic E-state index is 12.1. The predicted molar refractivity (Wildman–Crippen MR) is 96.0 cm³/mol. The molecule has 26 heavy (non-hydrogen) atoms. The van der Waals surface area contributed by atoms with Gasteiger partial charge < -0.3 is 14.8 Å². The Morgan fingerprint density at radius 2 is 1.65 bits per heavy atom. The van der Waals surface area contributed by atoms with Gasteiger partial charge >= 0.3 is 12.0 Å². The summed E-state index contributed by atoms with van der Waals surface area (Å²) in [4.78, 5) is 35.9. The minimum absolute atomic E-state index is 0.0342. The van der Waals surface area contributed by atoms with E-state index in [1.54, 1.807) is 24.3 Å². The van der Waals surface area contributed by atoms with Crippen molar-refractivity contribution in [3.05, 3.63) is 29.8 Å². The second-order valence-corrected chi connectivity index (χ2v) is 6.68. The Morgan fingerprint density at radius 3 is 2.23 bits per heavy atom. The molecule has 3 amide bonds. The number of carbonyl (C=O) groups is 3. The first-order valence-electron chi connectivity index (χ1n) is 8.94. The van der Waals surface area contributed by atoms with Crippen molar-refractivity contribution in [1.29, 1.82) is 0 Å². The second kappa shape index (κ2) is 9.22. The van der Waals surface area contributed by atoms with E-state index < -0.39 is 24.0 Å². The first-order chi connectivity index (χ1) is 12.3. The van der Waals surface area contributed by atoms with Gasteiger partial charge in [0.15, 0.2) is 6.10 Å². The van der Waals surface area contributed by atoms with Gasteiger partial charge in [-0.05, 0) is 57.9 Å². The summed E-state index contributed by atoms with van der Waals surface area (Å²) >= 11 is 0. The predicted octanol–water partition coefficient (Wildman–Crippen LogP) is 2.79. The normalized spacial score (nSPS) is 15.4. The second-order valence-electron chi connectivity index (χ2n) is 6.68. The molecule has 0 unspecified atom stereocenters. The number of carbonyl (C=O) groups excluding carboxylic acids is 3. The molecule has 1 aromatic carbocycles. The molecule has 1 fully saturated rings. The van der Waals surface area contributed by atoms with E-state index in [0.29, 0.717) is 11.3 Å². The van der Waals surface area contributed by atoms with E-state index in [-0.39, 0.29) is 12.1 Å². The lowest BCUT2D eigenvalue weighted by Gasteiger charge is -2.16. The molecule has 1 saturated carbocycles. The lowest BCUT2D eigenvalue weighted by molar-refractivity contribution is -0.127. The Morgan fingerprint density at radius 1 is 1.04 bits per heavy atom. The maximum Gasteiger partial charge on any atom is 0.338 e. The highest BCUT2D eigenvalue weighted by Gasteiger charge is 2.23. The summed E-state index contributed by atoms with van der Waals surface area (Å²) in [6, 6.07) is 6.01. The van der Waals surface area contributed by atoms with Crippen LogP contribution in [0.2, 0.25) is 0 Å². The number of ether oxygens (including phenoxy) is 2. The molecule has 142 valence electrons. The topological polar surface area (TPSA) is 93.7 Å². The highest BCUT2D eigenvalue weighted by atomic mass is 16.5. The molecule has 0 heterocycles. The smallest absolute Gasteiger partial charge is 0.338 e. The Kier molecular flexibility index (Phi) is 7.00. The molecule has 1 aliphatic rings. The van der Waals surface area contributed by atoms with Crippen LogP contribution in [0.4, 0.5) is 4.79 Å². The van der Waals surface area contributed by atoms with E-state index in [4.69, 9.17) is 9.47 Å². The first kappa shape index (κ1) is 19.8. The molecule has 2 N–H and O–H groups in total. The molecule has 0 bridgehead atoms. The van der Waals surface area contributed by atoms with Crippen LogP contribution in [0.25, 0.3) is 0 Å². The van der Waals surface area contributed by atoms with Gasteiger partial charge in [-0.25, -0.2) is 9.59 Å². The van der Waals surface area contributed by atoms with Crippen LogP contribution in [0.15, 0.2) is 24.3 Å². The Hall–Kier alpha value is -2.57. The van der Waals surface area contributed by atoms with Gasteiger partial charge in [-0.15, -0.1) is 0 Å². The van der Waals surface area contributed by atoms with Gasteiger partial charge in [0.2, 0.25) is 0 Å². The van der Waals surface area contributed by atoms with Crippen LogP contribution in [0.3, 0.4) is 0 Å². The molecule has 1 aromatic rings. The Balaban J connectivity index is 1.81. The van der Waals surface area contributed by atoms with Crippen LogP contribution in [-0.2, 0) is 9.53 Å². The van der Waals surface area contributed by atoms with Crippen molar-refractivity contribution in [3.63, 3.8) is 0 Å². The van der Waals surface area contributed by atoms with Crippen LogP contribution in [0.5, 0.6) is 5.75 Å². The van der Waals surface area contributed by atoms with Crippen molar-refractivity contribution in [1.82, 2.24) is 10.6 Å². The van der Waals surface area contributed by atoms with Crippen molar-refractivity contribution < 1.29 is 23.9 Å². The highest BCUT2D eigenvalue weighted by Crippen LogP contribution is 2.17. The number of benzene rings is 1. The zero-order valence-electron chi connectivity index (χ0n) is 15.4. The number of hydrogen-bond donors (Lipinski definition) is 2. The molecule has 1 aliphatic carbocycles. The van der Waals surface area contributed by atoms with Gasteiger partial charge in [0, 0.05) is 6.04 Å². The van der Waals surface area contributed by atoms with E-state index in [1.165, 1.54) is 6.92 Å². The fourth-order valence-electron chi connectivity index (χ4n) is 2.73. The molecule has 0 radical (unpaired) electrons. The van der Waals surface area contributed by atoms with Crippen molar-refractivity contribution in [2.75, 3.05) is 0 Å². The van der Waals surface area contributed by atoms with Crippen LogP contribution in [-0.4, -0.2) is 36.2 Å². The minimum Gasteiger partial charge on any atom is -0.491 e. The van der Waals surface area contributed by atoms with Crippen molar-refractivity contribution in [3.8, 4) is 5.75 Å². The molecule has 7 heteroatoms. The van der Waals surface area contributed by atoms with Gasteiger partial charge in [-0.2, -0.15) is 0 Å². The number of nitrogens with one attached hydrogen (secondary N) is 2. The number of rotatable bonds is 6. The fourth-order valence-corrected chi connectivity index (χ4v) is 2.73. The lowest BCUT2D eigenvalue weighted by Crippen LogP contribution is -2.47. The molecule has 1 atom stereocenters. The SMILES string of the molecule is CC(C)Oc1ccc(C(=O)O[C@@H](C)C(=O)NC(=O)NC2CCCC2)cc1. The van der Waals surface area contributed by atoms with Gasteiger partial charge in [0.25, 0.3) is 5.91 Å². The summed E-state index contributed by atoms with van der Waals surface area (Å²) in [5, 5.41) is 4.95. The first-order valence-corrected chi connectivity index (χ1v) is 8.94. The average Bonchev–Trinajstić information content (AvgIpc) is 3.07. The van der Waals surface area contributed by atoms with E-state index in [0.717, 1.165) is 25.7 Å².